The quantitative estimate of drug-likeness (QED) is 0.581. The Morgan fingerprint density at radius 2 is 1.68 bits per heavy atom. The summed E-state index contributed by atoms with van der Waals surface area (Å²) in [5.41, 5.74) is 1.29. The summed E-state index contributed by atoms with van der Waals surface area (Å²) in [7, 11) is 0. The predicted molar refractivity (Wildman–Crippen MR) is 95.8 cm³/mol. The zero-order valence-electron chi connectivity index (χ0n) is 14.7. The minimum Gasteiger partial charge on any atom is -0.488 e. The Kier molecular flexibility index (Phi) is 6.03. The maximum absolute atomic E-state index is 12.2. The zero-order valence-corrected chi connectivity index (χ0v) is 14.7. The first-order chi connectivity index (χ1) is 13.4. The van der Waals surface area contributed by atoms with Gasteiger partial charge in [-0.1, -0.05) is 30.3 Å². The van der Waals surface area contributed by atoms with Gasteiger partial charge in [-0.3, -0.25) is 4.79 Å². The van der Waals surface area contributed by atoms with Crippen LogP contribution in [-0.4, -0.2) is 12.6 Å². The molecular weight excluding hydrogens is 373 g/mol. The first-order valence-electron chi connectivity index (χ1n) is 8.52. The van der Waals surface area contributed by atoms with E-state index in [1.807, 2.05) is 30.3 Å². The van der Waals surface area contributed by atoms with Gasteiger partial charge in [-0.05, 0) is 35.9 Å². The second-order valence-electron chi connectivity index (χ2n) is 6.01. The molecule has 0 spiro atoms. The molecular formula is C21H17F3O4. The average Bonchev–Trinajstić information content (AvgIpc) is 2.68. The Balaban J connectivity index is 1.65. The number of alkyl halides is 3. The topological polar surface area (TPSA) is 44.8 Å². The van der Waals surface area contributed by atoms with Crippen LogP contribution in [0.3, 0.4) is 0 Å². The molecule has 146 valence electrons. The van der Waals surface area contributed by atoms with E-state index >= 15 is 0 Å². The summed E-state index contributed by atoms with van der Waals surface area (Å²) in [6, 6.07) is 14.3. The minimum atomic E-state index is -4.70. The van der Waals surface area contributed by atoms with Crippen molar-refractivity contribution in [3.8, 4) is 11.5 Å². The molecule has 0 radical (unpaired) electrons. The number of ether oxygens (including phenoxy) is 3. The summed E-state index contributed by atoms with van der Waals surface area (Å²) in [6.07, 6.45) is -1.06. The van der Waals surface area contributed by atoms with Crippen LogP contribution in [0, 0.1) is 0 Å². The van der Waals surface area contributed by atoms with Gasteiger partial charge in [-0.15, -0.1) is 13.2 Å². The van der Waals surface area contributed by atoms with E-state index in [9.17, 15) is 18.0 Å². The van der Waals surface area contributed by atoms with Gasteiger partial charge in [0.15, 0.2) is 6.29 Å². The number of allylic oxidation sites excluding steroid dienone is 4. The van der Waals surface area contributed by atoms with Gasteiger partial charge in [0.1, 0.15) is 29.6 Å². The number of halogens is 3. The lowest BCUT2D eigenvalue weighted by Gasteiger charge is -2.18. The predicted octanol–water partition coefficient (Wildman–Crippen LogP) is 5.55. The maximum Gasteiger partial charge on any atom is 0.572 e. The highest BCUT2D eigenvalue weighted by atomic mass is 19.4. The van der Waals surface area contributed by atoms with Gasteiger partial charge in [-0.25, -0.2) is 0 Å². The molecule has 2 aromatic carbocycles. The highest BCUT2D eigenvalue weighted by molar-refractivity contribution is 5.80. The van der Waals surface area contributed by atoms with Crippen molar-refractivity contribution >= 4 is 6.29 Å². The van der Waals surface area contributed by atoms with Crippen LogP contribution in [0.15, 0.2) is 72.2 Å². The molecule has 4 nitrogen and oxygen atoms in total. The molecule has 1 aliphatic carbocycles. The van der Waals surface area contributed by atoms with Crippen molar-refractivity contribution < 1.29 is 32.2 Å². The minimum absolute atomic E-state index is 0.0736. The standard InChI is InChI=1S/C21H17F3O4/c22-21(23,24)28-18-8-6-17(7-9-18)27-19-10-11-20(16(12-19)13-25)26-14-15-4-2-1-3-5-15/h1-6,8,10-13H,7,9,14H2. The fourth-order valence-electron chi connectivity index (χ4n) is 2.62. The van der Waals surface area contributed by atoms with E-state index in [1.54, 1.807) is 12.1 Å². The van der Waals surface area contributed by atoms with E-state index in [0.29, 0.717) is 35.7 Å². The van der Waals surface area contributed by atoms with Crippen LogP contribution < -0.4 is 9.47 Å². The fourth-order valence-corrected chi connectivity index (χ4v) is 2.62. The molecule has 2 aromatic rings. The van der Waals surface area contributed by atoms with Crippen LogP contribution in [-0.2, 0) is 11.3 Å². The van der Waals surface area contributed by atoms with Gasteiger partial charge in [0.25, 0.3) is 0 Å². The molecule has 7 heteroatoms. The van der Waals surface area contributed by atoms with Crippen LogP contribution in [0.5, 0.6) is 11.5 Å². The Labute approximate surface area is 159 Å². The number of hydrogen-bond acceptors (Lipinski definition) is 4. The van der Waals surface area contributed by atoms with E-state index in [4.69, 9.17) is 9.47 Å². The van der Waals surface area contributed by atoms with E-state index in [0.717, 1.165) is 5.56 Å². The molecule has 0 aliphatic heterocycles. The molecule has 0 atom stereocenters. The van der Waals surface area contributed by atoms with Crippen molar-refractivity contribution in [2.24, 2.45) is 0 Å². The number of carbonyl (C=O) groups excluding carboxylic acids is 1. The molecule has 0 bridgehead atoms. The Morgan fingerprint density at radius 3 is 2.32 bits per heavy atom. The van der Waals surface area contributed by atoms with Crippen LogP contribution in [0.25, 0.3) is 0 Å². The van der Waals surface area contributed by atoms with Gasteiger partial charge >= 0.3 is 6.36 Å². The zero-order chi connectivity index (χ0) is 20.0. The normalized spacial score (nSPS) is 14.0. The third-order valence-corrected chi connectivity index (χ3v) is 3.91. The summed E-state index contributed by atoms with van der Waals surface area (Å²) in [5.74, 6) is 1.13. The van der Waals surface area contributed by atoms with E-state index in [1.165, 1.54) is 18.2 Å². The van der Waals surface area contributed by atoms with Crippen LogP contribution in [0.2, 0.25) is 0 Å². The van der Waals surface area contributed by atoms with Crippen molar-refractivity contribution in [2.75, 3.05) is 0 Å². The van der Waals surface area contributed by atoms with E-state index < -0.39 is 6.36 Å². The summed E-state index contributed by atoms with van der Waals surface area (Å²) >= 11 is 0. The largest absolute Gasteiger partial charge is 0.572 e. The smallest absolute Gasteiger partial charge is 0.488 e. The highest BCUT2D eigenvalue weighted by Crippen LogP contribution is 2.30. The van der Waals surface area contributed by atoms with Gasteiger partial charge < -0.3 is 14.2 Å². The molecule has 0 saturated heterocycles. The molecule has 0 amide bonds. The number of rotatable bonds is 7. The van der Waals surface area contributed by atoms with Gasteiger partial charge in [0, 0.05) is 12.8 Å². The van der Waals surface area contributed by atoms with Crippen molar-refractivity contribution in [3.05, 3.63) is 83.3 Å². The third kappa shape index (κ3) is 5.64. The summed E-state index contributed by atoms with van der Waals surface area (Å²) in [6.45, 7) is 0.319. The van der Waals surface area contributed by atoms with Crippen LogP contribution in [0.1, 0.15) is 28.8 Å². The molecule has 1 aliphatic rings. The Morgan fingerprint density at radius 1 is 0.964 bits per heavy atom. The van der Waals surface area contributed by atoms with Crippen LogP contribution in [0.4, 0.5) is 13.2 Å². The van der Waals surface area contributed by atoms with Gasteiger partial charge in [0.05, 0.1) is 5.56 Å². The second-order valence-corrected chi connectivity index (χ2v) is 6.01. The van der Waals surface area contributed by atoms with Crippen molar-refractivity contribution in [2.45, 2.75) is 25.8 Å². The number of carbonyl (C=O) groups is 1. The Hall–Kier alpha value is -3.22. The highest BCUT2D eigenvalue weighted by Gasteiger charge is 2.32. The first kappa shape index (κ1) is 19.5. The SMILES string of the molecule is O=Cc1cc(OC2=CC=C(OC(F)(F)F)CC2)ccc1OCc1ccccc1. The summed E-state index contributed by atoms with van der Waals surface area (Å²) in [4.78, 5) is 11.4. The van der Waals surface area contributed by atoms with Crippen LogP contribution >= 0.6 is 0 Å². The molecule has 28 heavy (non-hydrogen) atoms. The lowest BCUT2D eigenvalue weighted by Crippen LogP contribution is -2.14. The van der Waals surface area contributed by atoms with Gasteiger partial charge in [-0.2, -0.15) is 0 Å². The molecule has 0 heterocycles. The Bertz CT molecular complexity index is 886. The average molecular weight is 390 g/mol. The van der Waals surface area contributed by atoms with E-state index in [2.05, 4.69) is 4.74 Å². The maximum atomic E-state index is 12.2. The van der Waals surface area contributed by atoms with Crippen molar-refractivity contribution in [1.29, 1.82) is 0 Å². The molecule has 0 fully saturated rings. The van der Waals surface area contributed by atoms with Crippen molar-refractivity contribution in [3.63, 3.8) is 0 Å². The van der Waals surface area contributed by atoms with E-state index in [-0.39, 0.29) is 18.6 Å². The number of hydrogen-bond donors (Lipinski definition) is 0. The third-order valence-electron chi connectivity index (χ3n) is 3.91. The number of benzene rings is 2. The fraction of sp³-hybridized carbons (Fsp3) is 0.190. The second kappa shape index (κ2) is 8.65. The summed E-state index contributed by atoms with van der Waals surface area (Å²) < 4.78 is 51.9. The summed E-state index contributed by atoms with van der Waals surface area (Å²) in [5, 5.41) is 0. The first-order valence-corrected chi connectivity index (χ1v) is 8.52. The molecule has 0 saturated carbocycles. The van der Waals surface area contributed by atoms with Gasteiger partial charge in [0.2, 0.25) is 0 Å². The lowest BCUT2D eigenvalue weighted by molar-refractivity contribution is -0.306. The molecule has 3 rings (SSSR count). The molecule has 0 unspecified atom stereocenters. The molecule has 0 N–H and O–H groups in total. The van der Waals surface area contributed by atoms with Crippen molar-refractivity contribution in [1.82, 2.24) is 0 Å². The monoisotopic (exact) mass is 390 g/mol. The lowest BCUT2D eigenvalue weighted by atomic mass is 10.1. The number of aldehydes is 1. The molecule has 0 aromatic heterocycles.